The van der Waals surface area contributed by atoms with Gasteiger partial charge < -0.3 is 11.1 Å². The maximum Gasteiger partial charge on any atom is 0.263 e. The Morgan fingerprint density at radius 2 is 2.30 bits per heavy atom. The SMILES string of the molecule is Cc1ccnc2sc(C(=O)NC(C)C3CCC3)c(N)c12. The zero-order valence-electron chi connectivity index (χ0n) is 11.8. The third-order valence-electron chi connectivity index (χ3n) is 4.26. The number of nitrogen functional groups attached to an aromatic ring is 1. The predicted octanol–water partition coefficient (Wildman–Crippen LogP) is 3.11. The maximum absolute atomic E-state index is 12.4. The third-order valence-corrected chi connectivity index (χ3v) is 5.37. The number of fused-ring (bicyclic) bond motifs is 1. The van der Waals surface area contributed by atoms with E-state index in [4.69, 9.17) is 5.73 Å². The first-order valence-electron chi connectivity index (χ1n) is 7.02. The number of hydrogen-bond donors (Lipinski definition) is 2. The van der Waals surface area contributed by atoms with Crippen molar-refractivity contribution in [1.29, 1.82) is 0 Å². The second kappa shape index (κ2) is 5.05. The van der Waals surface area contributed by atoms with Gasteiger partial charge in [-0.1, -0.05) is 6.42 Å². The number of rotatable bonds is 3. The Hall–Kier alpha value is -1.62. The van der Waals surface area contributed by atoms with Crippen LogP contribution >= 0.6 is 11.3 Å². The molecule has 3 rings (SSSR count). The molecule has 0 radical (unpaired) electrons. The molecule has 20 heavy (non-hydrogen) atoms. The minimum absolute atomic E-state index is 0.0655. The van der Waals surface area contributed by atoms with Crippen LogP contribution in [0.15, 0.2) is 12.3 Å². The molecule has 1 amide bonds. The molecule has 1 saturated carbocycles. The van der Waals surface area contributed by atoms with Crippen LogP contribution in [0.1, 0.15) is 41.4 Å². The average Bonchev–Trinajstić information content (AvgIpc) is 2.65. The first-order chi connectivity index (χ1) is 9.58. The summed E-state index contributed by atoms with van der Waals surface area (Å²) in [5.74, 6) is 0.554. The molecule has 4 nitrogen and oxygen atoms in total. The molecule has 5 heteroatoms. The molecule has 1 unspecified atom stereocenters. The van der Waals surface area contributed by atoms with Gasteiger partial charge in [-0.15, -0.1) is 11.3 Å². The minimum atomic E-state index is -0.0655. The molecule has 2 heterocycles. The Labute approximate surface area is 122 Å². The summed E-state index contributed by atoms with van der Waals surface area (Å²) in [6, 6.07) is 2.14. The highest BCUT2D eigenvalue weighted by atomic mass is 32.1. The lowest BCUT2D eigenvalue weighted by molar-refractivity contribution is 0.0914. The minimum Gasteiger partial charge on any atom is -0.397 e. The molecular weight excluding hydrogens is 270 g/mol. The van der Waals surface area contributed by atoms with Crippen LogP contribution in [-0.4, -0.2) is 16.9 Å². The zero-order valence-corrected chi connectivity index (χ0v) is 12.6. The van der Waals surface area contributed by atoms with E-state index >= 15 is 0 Å². The fraction of sp³-hybridized carbons (Fsp3) is 0.467. The van der Waals surface area contributed by atoms with Crippen LogP contribution < -0.4 is 11.1 Å². The maximum atomic E-state index is 12.4. The zero-order chi connectivity index (χ0) is 14.3. The van der Waals surface area contributed by atoms with Crippen molar-refractivity contribution < 1.29 is 4.79 Å². The Morgan fingerprint density at radius 3 is 2.90 bits per heavy atom. The van der Waals surface area contributed by atoms with Crippen LogP contribution in [-0.2, 0) is 0 Å². The molecule has 0 bridgehead atoms. The van der Waals surface area contributed by atoms with Gasteiger partial charge in [-0.3, -0.25) is 4.79 Å². The van der Waals surface area contributed by atoms with Crippen LogP contribution in [0.25, 0.3) is 10.2 Å². The van der Waals surface area contributed by atoms with Crippen LogP contribution in [0, 0.1) is 12.8 Å². The van der Waals surface area contributed by atoms with E-state index in [0.717, 1.165) is 15.8 Å². The lowest BCUT2D eigenvalue weighted by atomic mass is 9.80. The van der Waals surface area contributed by atoms with E-state index in [1.54, 1.807) is 6.20 Å². The highest BCUT2D eigenvalue weighted by Gasteiger charge is 2.27. The van der Waals surface area contributed by atoms with E-state index in [1.165, 1.54) is 30.6 Å². The number of hydrogen-bond acceptors (Lipinski definition) is 4. The summed E-state index contributed by atoms with van der Waals surface area (Å²) in [5, 5.41) is 4.00. The quantitative estimate of drug-likeness (QED) is 0.912. The van der Waals surface area contributed by atoms with Crippen molar-refractivity contribution in [2.75, 3.05) is 5.73 Å². The van der Waals surface area contributed by atoms with Gasteiger partial charge in [0.1, 0.15) is 9.71 Å². The molecule has 1 atom stereocenters. The topological polar surface area (TPSA) is 68.0 Å². The van der Waals surface area contributed by atoms with Crippen molar-refractivity contribution in [3.63, 3.8) is 0 Å². The third kappa shape index (κ3) is 2.16. The normalized spacial score (nSPS) is 16.9. The molecule has 0 aliphatic heterocycles. The summed E-state index contributed by atoms with van der Waals surface area (Å²) in [7, 11) is 0. The summed E-state index contributed by atoms with van der Waals surface area (Å²) in [4.78, 5) is 18.1. The van der Waals surface area contributed by atoms with Crippen LogP contribution in [0.2, 0.25) is 0 Å². The summed E-state index contributed by atoms with van der Waals surface area (Å²) in [5.41, 5.74) is 7.78. The molecule has 106 valence electrons. The second-order valence-corrected chi connectivity index (χ2v) is 6.61. The van der Waals surface area contributed by atoms with Gasteiger partial charge in [-0.25, -0.2) is 4.98 Å². The highest BCUT2D eigenvalue weighted by molar-refractivity contribution is 7.21. The molecule has 2 aromatic rings. The number of nitrogens with one attached hydrogen (secondary N) is 1. The molecule has 1 aliphatic rings. The largest absolute Gasteiger partial charge is 0.397 e. The van der Waals surface area contributed by atoms with Gasteiger partial charge in [0.05, 0.1) is 5.69 Å². The summed E-state index contributed by atoms with van der Waals surface area (Å²) in [6.45, 7) is 4.07. The Balaban J connectivity index is 1.87. The molecule has 0 aromatic carbocycles. The van der Waals surface area contributed by atoms with Crippen LogP contribution in [0.3, 0.4) is 0 Å². The number of nitrogens with two attached hydrogens (primary N) is 1. The monoisotopic (exact) mass is 289 g/mol. The summed E-state index contributed by atoms with van der Waals surface area (Å²) < 4.78 is 0. The number of anilines is 1. The van der Waals surface area contributed by atoms with Gasteiger partial charge in [-0.05, 0) is 44.2 Å². The number of nitrogens with zero attached hydrogens (tertiary/aromatic N) is 1. The van der Waals surface area contributed by atoms with E-state index in [9.17, 15) is 4.79 Å². The lowest BCUT2D eigenvalue weighted by Gasteiger charge is -2.31. The van der Waals surface area contributed by atoms with Crippen molar-refractivity contribution >= 4 is 33.1 Å². The van der Waals surface area contributed by atoms with Gasteiger partial charge in [0, 0.05) is 17.6 Å². The van der Waals surface area contributed by atoms with E-state index in [2.05, 4.69) is 17.2 Å². The summed E-state index contributed by atoms with van der Waals surface area (Å²) in [6.07, 6.45) is 5.46. The van der Waals surface area contributed by atoms with Gasteiger partial charge in [0.2, 0.25) is 0 Å². The fourth-order valence-electron chi connectivity index (χ4n) is 2.70. The second-order valence-electron chi connectivity index (χ2n) is 5.61. The van der Waals surface area contributed by atoms with Crippen molar-refractivity contribution in [2.24, 2.45) is 5.92 Å². The number of aryl methyl sites for hydroxylation is 1. The van der Waals surface area contributed by atoms with E-state index in [0.29, 0.717) is 16.5 Å². The standard InChI is InChI=1S/C15H19N3OS/c1-8-6-7-17-15-11(8)12(16)13(20-15)14(19)18-9(2)10-4-3-5-10/h6-7,9-10H,3-5,16H2,1-2H3,(H,18,19). The smallest absolute Gasteiger partial charge is 0.263 e. The van der Waals surface area contributed by atoms with Gasteiger partial charge >= 0.3 is 0 Å². The van der Waals surface area contributed by atoms with Crippen LogP contribution in [0.4, 0.5) is 5.69 Å². The number of carbonyl (C=O) groups excluding carboxylic acids is 1. The Bertz CT molecular complexity index is 660. The Morgan fingerprint density at radius 1 is 1.55 bits per heavy atom. The molecule has 2 aromatic heterocycles. The molecule has 0 spiro atoms. The predicted molar refractivity (Wildman–Crippen MR) is 83.0 cm³/mol. The van der Waals surface area contributed by atoms with E-state index in [1.807, 2.05) is 13.0 Å². The van der Waals surface area contributed by atoms with Crippen molar-refractivity contribution in [2.45, 2.75) is 39.2 Å². The number of thiophene rings is 1. The van der Waals surface area contributed by atoms with Gasteiger partial charge in [0.25, 0.3) is 5.91 Å². The van der Waals surface area contributed by atoms with Crippen molar-refractivity contribution in [1.82, 2.24) is 10.3 Å². The highest BCUT2D eigenvalue weighted by Crippen LogP contribution is 2.35. The van der Waals surface area contributed by atoms with Crippen LogP contribution in [0.5, 0.6) is 0 Å². The molecule has 3 N–H and O–H groups in total. The molecular formula is C15H19N3OS. The van der Waals surface area contributed by atoms with Gasteiger partial charge in [-0.2, -0.15) is 0 Å². The first-order valence-corrected chi connectivity index (χ1v) is 7.84. The average molecular weight is 289 g/mol. The fourth-order valence-corrected chi connectivity index (χ4v) is 3.75. The first kappa shape index (κ1) is 13.4. The number of aromatic nitrogens is 1. The molecule has 1 fully saturated rings. The van der Waals surface area contributed by atoms with E-state index < -0.39 is 0 Å². The Kier molecular flexibility index (Phi) is 3.38. The lowest BCUT2D eigenvalue weighted by Crippen LogP contribution is -2.40. The summed E-state index contributed by atoms with van der Waals surface area (Å²) >= 11 is 1.38. The number of amides is 1. The molecule has 0 saturated heterocycles. The van der Waals surface area contributed by atoms with Crippen molar-refractivity contribution in [3.8, 4) is 0 Å². The number of carbonyl (C=O) groups is 1. The van der Waals surface area contributed by atoms with Crippen molar-refractivity contribution in [3.05, 3.63) is 22.7 Å². The van der Waals surface area contributed by atoms with Gasteiger partial charge in [0.15, 0.2) is 0 Å². The van der Waals surface area contributed by atoms with E-state index in [-0.39, 0.29) is 11.9 Å². The number of pyridine rings is 1. The molecule has 1 aliphatic carbocycles.